The second-order valence-corrected chi connectivity index (χ2v) is 7.38. The van der Waals surface area contributed by atoms with Gasteiger partial charge in [-0.15, -0.1) is 0 Å². The predicted octanol–water partition coefficient (Wildman–Crippen LogP) is 6.25. The maximum absolute atomic E-state index is 13.4. The Labute approximate surface area is 179 Å². The molecular formula is C23H14BrF2N3O. The Kier molecular flexibility index (Phi) is 5.59. The van der Waals surface area contributed by atoms with Crippen LogP contribution in [0.3, 0.4) is 0 Å². The van der Waals surface area contributed by atoms with E-state index in [9.17, 15) is 14.0 Å². The molecule has 4 nitrogen and oxygen atoms in total. The fraction of sp³-hybridized carbons (Fsp3) is 0.0435. The summed E-state index contributed by atoms with van der Waals surface area (Å²) in [7, 11) is 0. The number of hydrogen-bond donors (Lipinski definition) is 1. The molecule has 1 aromatic heterocycles. The van der Waals surface area contributed by atoms with E-state index in [0.717, 1.165) is 11.1 Å². The molecule has 0 aliphatic carbocycles. The molecule has 3 aromatic carbocycles. The maximum Gasteiger partial charge on any atom is 0.149 e. The summed E-state index contributed by atoms with van der Waals surface area (Å²) < 4.78 is 32.9. The van der Waals surface area contributed by atoms with E-state index in [-0.39, 0.29) is 11.6 Å². The zero-order valence-electron chi connectivity index (χ0n) is 15.5. The molecule has 1 N–H and O–H groups in total. The van der Waals surface area contributed by atoms with Crippen LogP contribution in [0.5, 0.6) is 5.75 Å². The van der Waals surface area contributed by atoms with E-state index in [1.165, 1.54) is 24.3 Å². The van der Waals surface area contributed by atoms with Gasteiger partial charge < -0.3 is 9.72 Å². The third-order valence-corrected chi connectivity index (χ3v) is 5.01. The maximum atomic E-state index is 13.4. The number of allylic oxidation sites excluding steroid dienone is 1. The zero-order chi connectivity index (χ0) is 21.1. The van der Waals surface area contributed by atoms with Gasteiger partial charge in [-0.1, -0.05) is 18.2 Å². The molecule has 7 heteroatoms. The van der Waals surface area contributed by atoms with Gasteiger partial charge in [0.15, 0.2) is 0 Å². The minimum atomic E-state index is -0.375. The number of nitrogens with zero attached hydrogens (tertiary/aromatic N) is 2. The molecule has 0 fully saturated rings. The first-order valence-electron chi connectivity index (χ1n) is 8.96. The first-order valence-corrected chi connectivity index (χ1v) is 9.75. The number of hydrogen-bond acceptors (Lipinski definition) is 3. The van der Waals surface area contributed by atoms with Crippen molar-refractivity contribution in [1.29, 1.82) is 5.26 Å². The molecule has 0 unspecified atom stereocenters. The summed E-state index contributed by atoms with van der Waals surface area (Å²) >= 11 is 3.47. The largest absolute Gasteiger partial charge is 0.488 e. The number of rotatable bonds is 5. The van der Waals surface area contributed by atoms with E-state index < -0.39 is 0 Å². The average molecular weight is 466 g/mol. The molecule has 4 aromatic rings. The molecule has 0 saturated carbocycles. The molecule has 0 amide bonds. The Morgan fingerprint density at radius 1 is 1.07 bits per heavy atom. The minimum Gasteiger partial charge on any atom is -0.488 e. The SMILES string of the molecule is N#C/C(=C/c1ccc(OCc2ccc(F)cc2)c(Br)c1)c1nc2ccc(F)cc2[nH]1. The van der Waals surface area contributed by atoms with Crippen molar-refractivity contribution in [3.63, 3.8) is 0 Å². The van der Waals surface area contributed by atoms with Gasteiger partial charge in [-0.25, -0.2) is 13.8 Å². The van der Waals surface area contributed by atoms with E-state index in [1.807, 2.05) is 12.1 Å². The van der Waals surface area contributed by atoms with Gasteiger partial charge in [0, 0.05) is 0 Å². The van der Waals surface area contributed by atoms with Crippen LogP contribution in [0.25, 0.3) is 22.7 Å². The van der Waals surface area contributed by atoms with E-state index in [4.69, 9.17) is 4.74 Å². The van der Waals surface area contributed by atoms with Gasteiger partial charge in [0.05, 0.1) is 21.1 Å². The highest BCUT2D eigenvalue weighted by Gasteiger charge is 2.10. The van der Waals surface area contributed by atoms with Gasteiger partial charge in [-0.2, -0.15) is 5.26 Å². The molecule has 0 spiro atoms. The summed E-state index contributed by atoms with van der Waals surface area (Å²) in [5.41, 5.74) is 3.04. The van der Waals surface area contributed by atoms with Crippen LogP contribution >= 0.6 is 15.9 Å². The third kappa shape index (κ3) is 4.39. The lowest BCUT2D eigenvalue weighted by Crippen LogP contribution is -1.96. The molecule has 30 heavy (non-hydrogen) atoms. The highest BCUT2D eigenvalue weighted by atomic mass is 79.9. The summed E-state index contributed by atoms with van der Waals surface area (Å²) in [6.07, 6.45) is 1.68. The Morgan fingerprint density at radius 2 is 1.83 bits per heavy atom. The van der Waals surface area contributed by atoms with Crippen LogP contribution in [0.15, 0.2) is 65.1 Å². The number of fused-ring (bicyclic) bond motifs is 1. The molecule has 0 saturated heterocycles. The number of imidazole rings is 1. The highest BCUT2D eigenvalue weighted by Crippen LogP contribution is 2.29. The summed E-state index contributed by atoms with van der Waals surface area (Å²) in [4.78, 5) is 7.33. The number of ether oxygens (including phenoxy) is 1. The monoisotopic (exact) mass is 465 g/mol. The molecule has 0 aliphatic rings. The van der Waals surface area contributed by atoms with Crippen molar-refractivity contribution >= 4 is 38.6 Å². The number of nitriles is 1. The smallest absolute Gasteiger partial charge is 0.149 e. The summed E-state index contributed by atoms with van der Waals surface area (Å²) in [6.45, 7) is 0.299. The van der Waals surface area contributed by atoms with Crippen molar-refractivity contribution in [2.24, 2.45) is 0 Å². The van der Waals surface area contributed by atoms with Crippen LogP contribution in [0, 0.1) is 23.0 Å². The number of nitrogens with one attached hydrogen (secondary N) is 1. The van der Waals surface area contributed by atoms with Gasteiger partial charge in [-0.3, -0.25) is 0 Å². The lowest BCUT2D eigenvalue weighted by molar-refractivity contribution is 0.304. The van der Waals surface area contributed by atoms with Crippen LogP contribution in [-0.2, 0) is 6.61 Å². The lowest BCUT2D eigenvalue weighted by atomic mass is 10.1. The van der Waals surface area contributed by atoms with Gasteiger partial charge in [-0.05, 0) is 75.6 Å². The first-order chi connectivity index (χ1) is 14.5. The van der Waals surface area contributed by atoms with Crippen LogP contribution in [0.1, 0.15) is 17.0 Å². The standard InChI is InChI=1S/C23H14BrF2N3O/c24-19-10-15(3-8-22(19)30-13-14-1-4-17(25)5-2-14)9-16(12-27)23-28-20-7-6-18(26)11-21(20)29-23/h1-11H,13H2,(H,28,29)/b16-9-. The van der Waals surface area contributed by atoms with E-state index in [0.29, 0.717) is 39.3 Å². The average Bonchev–Trinajstić information content (AvgIpc) is 3.15. The van der Waals surface area contributed by atoms with Crippen LogP contribution in [0.4, 0.5) is 8.78 Å². The molecule has 4 rings (SSSR count). The Morgan fingerprint density at radius 3 is 2.57 bits per heavy atom. The molecule has 1 heterocycles. The second-order valence-electron chi connectivity index (χ2n) is 6.52. The fourth-order valence-electron chi connectivity index (χ4n) is 2.90. The summed E-state index contributed by atoms with van der Waals surface area (Å²) in [6, 6.07) is 17.9. The number of halogens is 3. The minimum absolute atomic E-state index is 0.293. The van der Waals surface area contributed by atoms with E-state index in [2.05, 4.69) is 32.0 Å². The topological polar surface area (TPSA) is 61.7 Å². The van der Waals surface area contributed by atoms with E-state index >= 15 is 0 Å². The van der Waals surface area contributed by atoms with Gasteiger partial charge in [0.2, 0.25) is 0 Å². The first kappa shape index (κ1) is 19.8. The zero-order valence-corrected chi connectivity index (χ0v) is 17.1. The Bertz CT molecular complexity index is 1290. The number of H-pyrrole nitrogens is 1. The molecule has 0 atom stereocenters. The van der Waals surface area contributed by atoms with Gasteiger partial charge in [0.1, 0.15) is 35.9 Å². The number of aromatic nitrogens is 2. The normalized spacial score (nSPS) is 11.5. The highest BCUT2D eigenvalue weighted by molar-refractivity contribution is 9.10. The predicted molar refractivity (Wildman–Crippen MR) is 114 cm³/mol. The molecule has 148 valence electrons. The van der Waals surface area contributed by atoms with Gasteiger partial charge in [0.25, 0.3) is 0 Å². The van der Waals surface area contributed by atoms with E-state index in [1.54, 1.807) is 30.3 Å². The lowest BCUT2D eigenvalue weighted by Gasteiger charge is -2.09. The van der Waals surface area contributed by atoms with Gasteiger partial charge >= 0.3 is 0 Å². The van der Waals surface area contributed by atoms with Crippen molar-refractivity contribution in [1.82, 2.24) is 9.97 Å². The van der Waals surface area contributed by atoms with Crippen LogP contribution in [-0.4, -0.2) is 9.97 Å². The Balaban J connectivity index is 1.55. The van der Waals surface area contributed by atoms with Crippen LogP contribution < -0.4 is 4.74 Å². The summed E-state index contributed by atoms with van der Waals surface area (Å²) in [5.74, 6) is 0.319. The number of benzene rings is 3. The van der Waals surface area contributed by atoms with Crippen LogP contribution in [0.2, 0.25) is 0 Å². The summed E-state index contributed by atoms with van der Waals surface area (Å²) in [5, 5.41) is 9.56. The molecular weight excluding hydrogens is 452 g/mol. The molecule has 0 bridgehead atoms. The van der Waals surface area contributed by atoms with Crippen molar-refractivity contribution in [2.75, 3.05) is 0 Å². The van der Waals surface area contributed by atoms with Crippen molar-refractivity contribution < 1.29 is 13.5 Å². The Hall–Kier alpha value is -3.50. The second kappa shape index (κ2) is 8.47. The quantitative estimate of drug-likeness (QED) is 0.354. The number of aromatic amines is 1. The molecule has 0 radical (unpaired) electrons. The van der Waals surface area contributed by atoms with Crippen molar-refractivity contribution in [2.45, 2.75) is 6.61 Å². The fourth-order valence-corrected chi connectivity index (χ4v) is 3.41. The third-order valence-electron chi connectivity index (χ3n) is 4.39. The van der Waals surface area contributed by atoms with Crippen molar-refractivity contribution in [3.8, 4) is 11.8 Å². The molecule has 0 aliphatic heterocycles. The van der Waals surface area contributed by atoms with Crippen molar-refractivity contribution in [3.05, 3.63) is 93.7 Å².